The van der Waals surface area contributed by atoms with E-state index in [1.54, 1.807) is 0 Å². The van der Waals surface area contributed by atoms with Crippen molar-refractivity contribution in [3.8, 4) is 0 Å². The van der Waals surface area contributed by atoms with Crippen molar-refractivity contribution in [1.29, 1.82) is 0 Å². The second kappa shape index (κ2) is 6.94. The molecule has 5 nitrogen and oxygen atoms in total. The number of nitrogens with one attached hydrogen (secondary N) is 1. The summed E-state index contributed by atoms with van der Waals surface area (Å²) in [5.74, 6) is 2.84. The monoisotopic (exact) mass is 381 g/mol. The van der Waals surface area contributed by atoms with E-state index in [-0.39, 0.29) is 30.4 Å². The molecule has 0 unspecified atom stereocenters. The van der Waals surface area contributed by atoms with Crippen molar-refractivity contribution in [1.82, 2.24) is 5.32 Å². The number of benzene rings is 1. The van der Waals surface area contributed by atoms with Crippen LogP contribution in [-0.2, 0) is 14.3 Å². The van der Waals surface area contributed by atoms with Gasteiger partial charge < -0.3 is 14.5 Å². The molecule has 1 atom stereocenters. The minimum absolute atomic E-state index is 0.00777. The van der Waals surface area contributed by atoms with Crippen LogP contribution in [0.3, 0.4) is 0 Å². The molecule has 28 heavy (non-hydrogen) atoms. The Hall–Kier alpha value is -2.30. The smallest absolute Gasteiger partial charge is 0.310 e. The minimum atomic E-state index is -0.287. The fraction of sp³-hybridized carbons (Fsp3) is 0.565. The summed E-state index contributed by atoms with van der Waals surface area (Å²) in [5.41, 5.74) is 0.798. The van der Waals surface area contributed by atoms with Crippen LogP contribution in [0.5, 0.6) is 0 Å². The van der Waals surface area contributed by atoms with Crippen molar-refractivity contribution in [3.05, 3.63) is 36.1 Å². The summed E-state index contributed by atoms with van der Waals surface area (Å²) in [6.07, 6.45) is 6.03. The van der Waals surface area contributed by atoms with Gasteiger partial charge in [-0.2, -0.15) is 0 Å². The topological polar surface area (TPSA) is 68.5 Å². The van der Waals surface area contributed by atoms with Crippen molar-refractivity contribution in [2.45, 2.75) is 45.1 Å². The molecule has 0 saturated heterocycles. The van der Waals surface area contributed by atoms with Gasteiger partial charge in [-0.05, 0) is 74.8 Å². The first-order valence-electron chi connectivity index (χ1n) is 10.5. The zero-order chi connectivity index (χ0) is 19.3. The van der Waals surface area contributed by atoms with E-state index >= 15 is 0 Å². The summed E-state index contributed by atoms with van der Waals surface area (Å²) in [4.78, 5) is 25.0. The van der Waals surface area contributed by atoms with E-state index in [2.05, 4.69) is 5.32 Å². The molecule has 5 heteroatoms. The first-order chi connectivity index (χ1) is 13.6. The number of carbonyl (C=O) groups excluding carboxylic acids is 2. The normalized spacial score (nSPS) is 31.7. The summed E-state index contributed by atoms with van der Waals surface area (Å²) in [6, 6.07) is 9.40. The van der Waals surface area contributed by atoms with Gasteiger partial charge in [0.15, 0.2) is 6.61 Å². The van der Waals surface area contributed by atoms with Crippen LogP contribution < -0.4 is 5.32 Å². The molecule has 1 aromatic heterocycles. The van der Waals surface area contributed by atoms with E-state index in [1.165, 1.54) is 32.1 Å². The molecule has 0 aliphatic heterocycles. The lowest BCUT2D eigenvalue weighted by Gasteiger charge is -2.53. The molecule has 1 N–H and O–H groups in total. The van der Waals surface area contributed by atoms with Gasteiger partial charge in [0.2, 0.25) is 0 Å². The summed E-state index contributed by atoms with van der Waals surface area (Å²) >= 11 is 0. The van der Waals surface area contributed by atoms with Crippen LogP contribution in [0.15, 0.2) is 34.7 Å². The van der Waals surface area contributed by atoms with Crippen molar-refractivity contribution in [2.75, 3.05) is 6.61 Å². The summed E-state index contributed by atoms with van der Waals surface area (Å²) < 4.78 is 11.2. The highest BCUT2D eigenvalue weighted by molar-refractivity contribution is 5.82. The lowest BCUT2D eigenvalue weighted by atomic mass is 9.52. The highest BCUT2D eigenvalue weighted by atomic mass is 16.5. The summed E-state index contributed by atoms with van der Waals surface area (Å²) in [7, 11) is 0. The van der Waals surface area contributed by atoms with Gasteiger partial charge >= 0.3 is 5.97 Å². The van der Waals surface area contributed by atoms with E-state index < -0.39 is 0 Å². The largest absolute Gasteiger partial charge is 0.459 e. The van der Waals surface area contributed by atoms with Crippen molar-refractivity contribution in [3.63, 3.8) is 0 Å². The van der Waals surface area contributed by atoms with Crippen LogP contribution in [0.2, 0.25) is 0 Å². The fourth-order valence-electron chi connectivity index (χ4n) is 6.11. The minimum Gasteiger partial charge on any atom is -0.459 e. The van der Waals surface area contributed by atoms with Crippen LogP contribution in [-0.4, -0.2) is 18.5 Å². The SMILES string of the molecule is C[C@H](NC(=O)COC(=O)C1C2CC3CC(C2)CC1C3)c1cc2ccccc2o1. The number of furan rings is 1. The van der Waals surface area contributed by atoms with Gasteiger partial charge in [-0.1, -0.05) is 18.2 Å². The molecular weight excluding hydrogens is 354 g/mol. The highest BCUT2D eigenvalue weighted by Crippen LogP contribution is 2.56. The maximum Gasteiger partial charge on any atom is 0.310 e. The van der Waals surface area contributed by atoms with Crippen molar-refractivity contribution < 1.29 is 18.7 Å². The number of hydrogen-bond acceptors (Lipinski definition) is 4. The van der Waals surface area contributed by atoms with Crippen LogP contribution in [0.1, 0.15) is 50.8 Å². The molecule has 0 spiro atoms. The van der Waals surface area contributed by atoms with Gasteiger partial charge in [0.1, 0.15) is 11.3 Å². The molecule has 4 aliphatic carbocycles. The van der Waals surface area contributed by atoms with Gasteiger partial charge in [0.05, 0.1) is 12.0 Å². The van der Waals surface area contributed by atoms with Gasteiger partial charge in [-0.25, -0.2) is 0 Å². The number of para-hydroxylation sites is 1. The van der Waals surface area contributed by atoms with Crippen LogP contribution in [0, 0.1) is 29.6 Å². The average Bonchev–Trinajstić information content (AvgIpc) is 3.10. The Morgan fingerprint density at radius 3 is 2.46 bits per heavy atom. The molecular formula is C23H27NO4. The second-order valence-corrected chi connectivity index (χ2v) is 9.04. The Labute approximate surface area is 164 Å². The van der Waals surface area contributed by atoms with Crippen LogP contribution >= 0.6 is 0 Å². The first-order valence-corrected chi connectivity index (χ1v) is 10.5. The van der Waals surface area contributed by atoms with Gasteiger partial charge in [-0.3, -0.25) is 9.59 Å². The fourth-order valence-corrected chi connectivity index (χ4v) is 6.11. The summed E-state index contributed by atoms with van der Waals surface area (Å²) in [5, 5.41) is 3.88. The quantitative estimate of drug-likeness (QED) is 0.787. The lowest BCUT2D eigenvalue weighted by Crippen LogP contribution is -2.48. The van der Waals surface area contributed by atoms with E-state index in [0.29, 0.717) is 17.6 Å². The second-order valence-electron chi connectivity index (χ2n) is 9.04. The lowest BCUT2D eigenvalue weighted by molar-refractivity contribution is -0.165. The van der Waals surface area contributed by atoms with Crippen molar-refractivity contribution >= 4 is 22.8 Å². The molecule has 1 heterocycles. The molecule has 4 saturated carbocycles. The Bertz CT molecular complexity index is 840. The molecule has 0 radical (unpaired) electrons. The third-order valence-electron chi connectivity index (χ3n) is 7.09. The maximum absolute atomic E-state index is 12.7. The first kappa shape index (κ1) is 17.8. The van der Waals surface area contributed by atoms with Gasteiger partial charge in [0.25, 0.3) is 5.91 Å². The van der Waals surface area contributed by atoms with Gasteiger partial charge in [0, 0.05) is 5.39 Å². The molecule has 4 fully saturated rings. The van der Waals surface area contributed by atoms with E-state index in [1.807, 2.05) is 37.3 Å². The Balaban J connectivity index is 1.15. The van der Waals surface area contributed by atoms with E-state index in [4.69, 9.17) is 9.15 Å². The molecule has 148 valence electrons. The van der Waals surface area contributed by atoms with Crippen molar-refractivity contribution in [2.24, 2.45) is 29.6 Å². The van der Waals surface area contributed by atoms with Crippen LogP contribution in [0.25, 0.3) is 11.0 Å². The number of rotatable bonds is 5. The highest BCUT2D eigenvalue weighted by Gasteiger charge is 2.51. The number of fused-ring (bicyclic) bond motifs is 1. The summed E-state index contributed by atoms with van der Waals surface area (Å²) in [6.45, 7) is 1.65. The number of ether oxygens (including phenoxy) is 1. The molecule has 1 aromatic carbocycles. The molecule has 1 amide bonds. The van der Waals surface area contributed by atoms with E-state index in [0.717, 1.165) is 22.8 Å². The number of amides is 1. The number of esters is 1. The van der Waals surface area contributed by atoms with Gasteiger partial charge in [-0.15, -0.1) is 0 Å². The zero-order valence-corrected chi connectivity index (χ0v) is 16.2. The molecule has 2 aromatic rings. The van der Waals surface area contributed by atoms with E-state index in [9.17, 15) is 9.59 Å². The molecule has 6 rings (SSSR count). The third kappa shape index (κ3) is 3.21. The molecule has 4 aliphatic rings. The predicted octanol–water partition coefficient (Wildman–Crippen LogP) is 4.23. The third-order valence-corrected chi connectivity index (χ3v) is 7.09. The Morgan fingerprint density at radius 2 is 1.79 bits per heavy atom. The maximum atomic E-state index is 12.7. The number of hydrogen-bond donors (Lipinski definition) is 1. The van der Waals surface area contributed by atoms with Crippen LogP contribution in [0.4, 0.5) is 0 Å². The zero-order valence-electron chi connectivity index (χ0n) is 16.2. The Morgan fingerprint density at radius 1 is 1.11 bits per heavy atom. The standard InChI is InChI=1S/C23H27NO4/c1-13(20-11-16-4-2-3-5-19(16)28-20)24-21(25)12-27-23(26)22-17-7-14-6-15(9-17)10-18(22)8-14/h2-5,11,13-15,17-18,22H,6-10,12H2,1H3,(H,24,25)/t13-,14?,15?,17?,18?,22?/m0/s1. The Kier molecular flexibility index (Phi) is 4.41. The molecule has 4 bridgehead atoms. The predicted molar refractivity (Wildman–Crippen MR) is 104 cm³/mol. The average molecular weight is 381 g/mol. The number of carbonyl (C=O) groups is 2.